The molecule has 0 unspecified atom stereocenters. The van der Waals surface area contributed by atoms with E-state index in [4.69, 9.17) is 9.47 Å². The summed E-state index contributed by atoms with van der Waals surface area (Å²) in [5.41, 5.74) is 3.27. The average molecular weight is 470 g/mol. The number of fused-ring (bicyclic) bond motifs is 1. The third kappa shape index (κ3) is 5.35. The van der Waals surface area contributed by atoms with E-state index in [1.54, 1.807) is 24.3 Å². The van der Waals surface area contributed by atoms with Crippen molar-refractivity contribution in [3.63, 3.8) is 0 Å². The number of benzene rings is 3. The third-order valence-corrected chi connectivity index (χ3v) is 5.66. The second kappa shape index (κ2) is 10.6. The van der Waals surface area contributed by atoms with Crippen LogP contribution in [0.5, 0.6) is 11.5 Å². The van der Waals surface area contributed by atoms with Crippen LogP contribution in [-0.4, -0.2) is 30.6 Å². The Bertz CT molecular complexity index is 1390. The second-order valence-corrected chi connectivity index (χ2v) is 7.96. The standard InChI is InChI=1S/C28H27N3O4/c1-31-18-21(22-11-7-8-12-24(22)31)15-23(28(33)29-17-19-9-5-4-6-10-19)30-27(32)20-13-14-25(34-2)26(16-20)35-3/h4-16,18H,17H2,1-3H3,(H,29,33)(H,30,32). The van der Waals surface area contributed by atoms with Gasteiger partial charge < -0.3 is 24.7 Å². The number of aryl methyl sites for hydroxylation is 1. The number of carbonyl (C=O) groups excluding carboxylic acids is 2. The minimum atomic E-state index is -0.438. The molecule has 0 fully saturated rings. The number of amides is 2. The number of aromatic nitrogens is 1. The largest absolute Gasteiger partial charge is 0.493 e. The highest BCUT2D eigenvalue weighted by molar-refractivity contribution is 6.06. The lowest BCUT2D eigenvalue weighted by Crippen LogP contribution is -2.34. The summed E-state index contributed by atoms with van der Waals surface area (Å²) >= 11 is 0. The van der Waals surface area contributed by atoms with Crippen LogP contribution in [0.3, 0.4) is 0 Å². The zero-order valence-corrected chi connectivity index (χ0v) is 19.9. The van der Waals surface area contributed by atoms with Gasteiger partial charge in [0.15, 0.2) is 11.5 Å². The quantitative estimate of drug-likeness (QED) is 0.378. The van der Waals surface area contributed by atoms with Crippen molar-refractivity contribution < 1.29 is 19.1 Å². The Balaban J connectivity index is 1.66. The first-order valence-electron chi connectivity index (χ1n) is 11.1. The summed E-state index contributed by atoms with van der Waals surface area (Å²) in [6.07, 6.45) is 3.62. The summed E-state index contributed by atoms with van der Waals surface area (Å²) in [7, 11) is 4.97. The van der Waals surface area contributed by atoms with E-state index in [9.17, 15) is 9.59 Å². The van der Waals surface area contributed by atoms with Crippen molar-refractivity contribution >= 4 is 28.8 Å². The Hall–Kier alpha value is -4.52. The number of hydrogen-bond acceptors (Lipinski definition) is 4. The SMILES string of the molecule is COc1ccc(C(=O)NC(=Cc2cn(C)c3ccccc23)C(=O)NCc2ccccc2)cc1OC. The van der Waals surface area contributed by atoms with Gasteiger partial charge in [0.1, 0.15) is 5.70 Å². The molecule has 4 rings (SSSR count). The van der Waals surface area contributed by atoms with E-state index in [0.29, 0.717) is 23.6 Å². The van der Waals surface area contributed by atoms with E-state index in [-0.39, 0.29) is 5.70 Å². The van der Waals surface area contributed by atoms with Gasteiger partial charge in [0.2, 0.25) is 0 Å². The van der Waals surface area contributed by atoms with Gasteiger partial charge in [-0.2, -0.15) is 0 Å². The van der Waals surface area contributed by atoms with Gasteiger partial charge in [-0.25, -0.2) is 0 Å². The summed E-state index contributed by atoms with van der Waals surface area (Å²) in [4.78, 5) is 26.3. The molecule has 178 valence electrons. The topological polar surface area (TPSA) is 81.6 Å². The molecular weight excluding hydrogens is 442 g/mol. The number of nitrogens with zero attached hydrogens (tertiary/aromatic N) is 1. The van der Waals surface area contributed by atoms with Crippen LogP contribution in [0.4, 0.5) is 0 Å². The number of ether oxygens (including phenoxy) is 2. The van der Waals surface area contributed by atoms with Crippen LogP contribution in [0, 0.1) is 0 Å². The molecule has 2 N–H and O–H groups in total. The number of hydrogen-bond donors (Lipinski definition) is 2. The zero-order valence-electron chi connectivity index (χ0n) is 19.9. The van der Waals surface area contributed by atoms with Crippen LogP contribution in [0.25, 0.3) is 17.0 Å². The molecule has 0 saturated carbocycles. The van der Waals surface area contributed by atoms with Crippen molar-refractivity contribution in [3.8, 4) is 11.5 Å². The van der Waals surface area contributed by atoms with E-state index in [2.05, 4.69) is 10.6 Å². The lowest BCUT2D eigenvalue weighted by molar-refractivity contribution is -0.117. The maximum Gasteiger partial charge on any atom is 0.268 e. The molecule has 1 aromatic heterocycles. The van der Waals surface area contributed by atoms with Crippen LogP contribution in [-0.2, 0) is 18.4 Å². The highest BCUT2D eigenvalue weighted by Gasteiger charge is 2.17. The summed E-state index contributed by atoms with van der Waals surface area (Å²) in [5, 5.41) is 6.66. The Morgan fingerprint density at radius 1 is 0.914 bits per heavy atom. The van der Waals surface area contributed by atoms with E-state index in [1.807, 2.05) is 72.4 Å². The molecule has 0 aliphatic carbocycles. The summed E-state index contributed by atoms with van der Waals surface area (Å²) in [5.74, 6) is 0.104. The Labute approximate surface area is 204 Å². The molecular formula is C28H27N3O4. The zero-order chi connectivity index (χ0) is 24.8. The molecule has 0 saturated heterocycles. The highest BCUT2D eigenvalue weighted by atomic mass is 16.5. The van der Waals surface area contributed by atoms with Gasteiger partial charge in [-0.05, 0) is 35.9 Å². The minimum absolute atomic E-state index is 0.136. The first kappa shape index (κ1) is 23.6. The van der Waals surface area contributed by atoms with E-state index in [1.165, 1.54) is 14.2 Å². The van der Waals surface area contributed by atoms with Crippen LogP contribution < -0.4 is 20.1 Å². The molecule has 3 aromatic carbocycles. The molecule has 0 radical (unpaired) electrons. The average Bonchev–Trinajstić information content (AvgIpc) is 3.22. The third-order valence-electron chi connectivity index (χ3n) is 5.66. The van der Waals surface area contributed by atoms with Crippen molar-refractivity contribution in [1.82, 2.24) is 15.2 Å². The second-order valence-electron chi connectivity index (χ2n) is 7.96. The smallest absolute Gasteiger partial charge is 0.268 e. The number of carbonyl (C=O) groups is 2. The fourth-order valence-corrected chi connectivity index (χ4v) is 3.85. The van der Waals surface area contributed by atoms with Crippen molar-refractivity contribution in [3.05, 3.63) is 101 Å². The van der Waals surface area contributed by atoms with Gasteiger partial charge in [0.05, 0.1) is 14.2 Å². The molecule has 1 heterocycles. The number of para-hydroxylation sites is 1. The highest BCUT2D eigenvalue weighted by Crippen LogP contribution is 2.28. The fraction of sp³-hybridized carbons (Fsp3) is 0.143. The lowest BCUT2D eigenvalue weighted by Gasteiger charge is -2.13. The van der Waals surface area contributed by atoms with Crippen LogP contribution in [0.2, 0.25) is 0 Å². The van der Waals surface area contributed by atoms with Gasteiger partial charge in [-0.15, -0.1) is 0 Å². The molecule has 35 heavy (non-hydrogen) atoms. The molecule has 0 spiro atoms. The first-order chi connectivity index (χ1) is 17.0. The van der Waals surface area contributed by atoms with Gasteiger partial charge >= 0.3 is 0 Å². The first-order valence-corrected chi connectivity index (χ1v) is 11.1. The molecule has 4 aromatic rings. The Morgan fingerprint density at radius 3 is 2.37 bits per heavy atom. The van der Waals surface area contributed by atoms with E-state index < -0.39 is 11.8 Å². The molecule has 7 nitrogen and oxygen atoms in total. The number of nitrogens with one attached hydrogen (secondary N) is 2. The predicted molar refractivity (Wildman–Crippen MR) is 136 cm³/mol. The molecule has 0 aliphatic heterocycles. The Kier molecular flexibility index (Phi) is 7.16. The van der Waals surface area contributed by atoms with Gasteiger partial charge in [-0.3, -0.25) is 9.59 Å². The van der Waals surface area contributed by atoms with Crippen LogP contribution in [0.1, 0.15) is 21.5 Å². The number of methoxy groups -OCH3 is 2. The van der Waals surface area contributed by atoms with E-state index in [0.717, 1.165) is 22.0 Å². The fourth-order valence-electron chi connectivity index (χ4n) is 3.85. The summed E-state index contributed by atoms with van der Waals surface area (Å²) in [6, 6.07) is 22.3. The summed E-state index contributed by atoms with van der Waals surface area (Å²) in [6.45, 7) is 0.332. The van der Waals surface area contributed by atoms with Crippen LogP contribution >= 0.6 is 0 Å². The van der Waals surface area contributed by atoms with Gasteiger partial charge in [0.25, 0.3) is 11.8 Å². The lowest BCUT2D eigenvalue weighted by atomic mass is 10.1. The normalized spacial score (nSPS) is 11.2. The minimum Gasteiger partial charge on any atom is -0.493 e. The Morgan fingerprint density at radius 2 is 1.63 bits per heavy atom. The molecule has 0 aliphatic rings. The van der Waals surface area contributed by atoms with E-state index >= 15 is 0 Å². The monoisotopic (exact) mass is 469 g/mol. The van der Waals surface area contributed by atoms with Gasteiger partial charge in [-0.1, -0.05) is 48.5 Å². The molecule has 2 amide bonds. The summed E-state index contributed by atoms with van der Waals surface area (Å²) < 4.78 is 12.5. The van der Waals surface area contributed by atoms with Crippen molar-refractivity contribution in [1.29, 1.82) is 0 Å². The maximum atomic E-state index is 13.2. The number of rotatable bonds is 8. The predicted octanol–water partition coefficient (Wildman–Crippen LogP) is 4.28. The maximum absolute atomic E-state index is 13.2. The molecule has 0 bridgehead atoms. The molecule has 7 heteroatoms. The molecule has 0 atom stereocenters. The van der Waals surface area contributed by atoms with Crippen molar-refractivity contribution in [2.45, 2.75) is 6.54 Å². The van der Waals surface area contributed by atoms with Crippen molar-refractivity contribution in [2.24, 2.45) is 7.05 Å². The van der Waals surface area contributed by atoms with Crippen molar-refractivity contribution in [2.75, 3.05) is 14.2 Å². The van der Waals surface area contributed by atoms with Gasteiger partial charge in [0, 0.05) is 41.8 Å². The van der Waals surface area contributed by atoms with Crippen LogP contribution in [0.15, 0.2) is 84.7 Å².